The molecule has 0 amide bonds. The standard InChI is InChI=1S/C12H18FN3O4S/c1-7(12(2,3)4)15-21(19,20)11-9(13)5-8(16(17)18)6-10(11)14/h5-7,15H,14H2,1-4H3. The second-order valence-electron chi connectivity index (χ2n) is 5.81. The molecule has 1 aromatic rings. The van der Waals surface area contributed by atoms with E-state index in [1.54, 1.807) is 6.92 Å². The molecule has 21 heavy (non-hydrogen) atoms. The maximum atomic E-state index is 13.9. The van der Waals surface area contributed by atoms with Gasteiger partial charge in [0.05, 0.1) is 16.7 Å². The number of nitro groups is 1. The minimum Gasteiger partial charge on any atom is -0.397 e. The highest BCUT2D eigenvalue weighted by Gasteiger charge is 2.30. The Hall–Kier alpha value is -1.74. The highest BCUT2D eigenvalue weighted by Crippen LogP contribution is 2.29. The van der Waals surface area contributed by atoms with Crippen LogP contribution < -0.4 is 10.5 Å². The van der Waals surface area contributed by atoms with Gasteiger partial charge in [-0.15, -0.1) is 0 Å². The van der Waals surface area contributed by atoms with E-state index >= 15 is 0 Å². The largest absolute Gasteiger partial charge is 0.397 e. The van der Waals surface area contributed by atoms with E-state index in [4.69, 9.17) is 5.73 Å². The van der Waals surface area contributed by atoms with Crippen molar-refractivity contribution in [1.82, 2.24) is 4.72 Å². The Balaban J connectivity index is 3.30. The van der Waals surface area contributed by atoms with Crippen LogP contribution in [-0.4, -0.2) is 19.4 Å². The van der Waals surface area contributed by atoms with Gasteiger partial charge < -0.3 is 5.73 Å². The lowest BCUT2D eigenvalue weighted by Gasteiger charge is -2.28. The van der Waals surface area contributed by atoms with Gasteiger partial charge in [-0.25, -0.2) is 17.5 Å². The predicted octanol–water partition coefficient (Wildman–Crippen LogP) is 2.03. The quantitative estimate of drug-likeness (QED) is 0.500. The normalized spacial score (nSPS) is 14.0. The van der Waals surface area contributed by atoms with Crippen molar-refractivity contribution in [3.8, 4) is 0 Å². The number of benzene rings is 1. The lowest BCUT2D eigenvalue weighted by Crippen LogP contribution is -2.41. The molecule has 0 saturated heterocycles. The lowest BCUT2D eigenvalue weighted by atomic mass is 9.89. The number of non-ortho nitro benzene ring substituents is 1. The molecule has 0 radical (unpaired) electrons. The smallest absolute Gasteiger partial charge is 0.274 e. The molecule has 0 aliphatic carbocycles. The van der Waals surface area contributed by atoms with Gasteiger partial charge >= 0.3 is 0 Å². The van der Waals surface area contributed by atoms with E-state index in [1.807, 2.05) is 20.8 Å². The first-order chi connectivity index (χ1) is 9.36. The number of sulfonamides is 1. The van der Waals surface area contributed by atoms with Crippen LogP contribution in [0.4, 0.5) is 15.8 Å². The Labute approximate surface area is 122 Å². The van der Waals surface area contributed by atoms with Crippen molar-refractivity contribution < 1.29 is 17.7 Å². The summed E-state index contributed by atoms with van der Waals surface area (Å²) < 4.78 is 40.7. The third-order valence-electron chi connectivity index (χ3n) is 3.17. The predicted molar refractivity (Wildman–Crippen MR) is 76.7 cm³/mol. The maximum absolute atomic E-state index is 13.9. The molecule has 0 aromatic heterocycles. The van der Waals surface area contributed by atoms with Gasteiger partial charge in [0.25, 0.3) is 5.69 Å². The summed E-state index contributed by atoms with van der Waals surface area (Å²) >= 11 is 0. The molecular formula is C12H18FN3O4S. The van der Waals surface area contributed by atoms with Crippen molar-refractivity contribution in [3.05, 3.63) is 28.1 Å². The summed E-state index contributed by atoms with van der Waals surface area (Å²) in [5.41, 5.74) is 3.97. The van der Waals surface area contributed by atoms with Crippen LogP contribution in [0.5, 0.6) is 0 Å². The summed E-state index contributed by atoms with van der Waals surface area (Å²) in [5, 5.41) is 10.6. The number of hydrogen-bond donors (Lipinski definition) is 2. The van der Waals surface area contributed by atoms with Gasteiger partial charge in [0.15, 0.2) is 5.82 Å². The Bertz CT molecular complexity index is 645. The van der Waals surface area contributed by atoms with E-state index in [2.05, 4.69) is 4.72 Å². The number of nitro benzene ring substituents is 1. The Morgan fingerprint density at radius 3 is 2.29 bits per heavy atom. The van der Waals surface area contributed by atoms with Gasteiger partial charge in [-0.3, -0.25) is 10.1 Å². The average Bonchev–Trinajstić information content (AvgIpc) is 2.25. The third-order valence-corrected chi connectivity index (χ3v) is 4.80. The molecule has 1 unspecified atom stereocenters. The lowest BCUT2D eigenvalue weighted by molar-refractivity contribution is -0.385. The van der Waals surface area contributed by atoms with Gasteiger partial charge in [0.1, 0.15) is 4.90 Å². The van der Waals surface area contributed by atoms with Crippen LogP contribution in [0.2, 0.25) is 0 Å². The number of anilines is 1. The van der Waals surface area contributed by atoms with Gasteiger partial charge in [0, 0.05) is 12.1 Å². The van der Waals surface area contributed by atoms with Crippen LogP contribution in [0.15, 0.2) is 17.0 Å². The third kappa shape index (κ3) is 3.88. The van der Waals surface area contributed by atoms with Gasteiger partial charge in [-0.1, -0.05) is 20.8 Å². The van der Waals surface area contributed by atoms with E-state index in [0.29, 0.717) is 6.07 Å². The van der Waals surface area contributed by atoms with E-state index in [9.17, 15) is 22.9 Å². The van der Waals surface area contributed by atoms with Crippen molar-refractivity contribution in [1.29, 1.82) is 0 Å². The van der Waals surface area contributed by atoms with Crippen LogP contribution in [0.25, 0.3) is 0 Å². The topological polar surface area (TPSA) is 115 Å². The SMILES string of the molecule is CC(NS(=O)(=O)c1c(N)cc([N+](=O)[O-])cc1F)C(C)(C)C. The fraction of sp³-hybridized carbons (Fsp3) is 0.500. The van der Waals surface area contributed by atoms with Crippen LogP contribution in [0, 0.1) is 21.3 Å². The number of nitrogens with two attached hydrogens (primary N) is 1. The van der Waals surface area contributed by atoms with Crippen LogP contribution in [0.3, 0.4) is 0 Å². The number of nitrogens with zero attached hydrogens (tertiary/aromatic N) is 1. The zero-order valence-electron chi connectivity index (χ0n) is 12.2. The molecule has 0 aliphatic rings. The molecule has 3 N–H and O–H groups in total. The molecule has 0 aliphatic heterocycles. The molecule has 0 heterocycles. The first-order valence-corrected chi connectivity index (χ1v) is 7.60. The summed E-state index contributed by atoms with van der Waals surface area (Å²) in [6, 6.07) is 0.864. The maximum Gasteiger partial charge on any atom is 0.274 e. The van der Waals surface area contributed by atoms with Crippen molar-refractivity contribution in [3.63, 3.8) is 0 Å². The first-order valence-electron chi connectivity index (χ1n) is 6.12. The number of nitrogen functional groups attached to an aromatic ring is 1. The van der Waals surface area contributed by atoms with Crippen molar-refractivity contribution in [2.45, 2.75) is 38.6 Å². The summed E-state index contributed by atoms with van der Waals surface area (Å²) in [4.78, 5) is 8.97. The second kappa shape index (κ2) is 5.57. The fourth-order valence-corrected chi connectivity index (χ4v) is 3.08. The summed E-state index contributed by atoms with van der Waals surface area (Å²) in [6.45, 7) is 7.08. The van der Waals surface area contributed by atoms with Gasteiger partial charge in [-0.05, 0) is 12.3 Å². The zero-order chi connectivity index (χ0) is 16.6. The number of halogens is 1. The first kappa shape index (κ1) is 17.3. The van der Waals surface area contributed by atoms with Crippen molar-refractivity contribution in [2.75, 3.05) is 5.73 Å². The Morgan fingerprint density at radius 2 is 1.90 bits per heavy atom. The summed E-state index contributed by atoms with van der Waals surface area (Å²) in [7, 11) is -4.22. The molecule has 9 heteroatoms. The number of rotatable bonds is 4. The highest BCUT2D eigenvalue weighted by molar-refractivity contribution is 7.89. The van der Waals surface area contributed by atoms with Gasteiger partial charge in [0.2, 0.25) is 10.0 Å². The fourth-order valence-electron chi connectivity index (χ4n) is 1.46. The monoisotopic (exact) mass is 319 g/mol. The molecule has 0 spiro atoms. The van der Waals surface area contributed by atoms with E-state index in [0.717, 1.165) is 6.07 Å². The van der Waals surface area contributed by atoms with Gasteiger partial charge in [-0.2, -0.15) is 0 Å². The average molecular weight is 319 g/mol. The molecule has 1 atom stereocenters. The summed E-state index contributed by atoms with van der Waals surface area (Å²) in [5.74, 6) is -1.25. The second-order valence-corrected chi connectivity index (χ2v) is 7.46. The zero-order valence-corrected chi connectivity index (χ0v) is 13.0. The summed E-state index contributed by atoms with van der Waals surface area (Å²) in [6.07, 6.45) is 0. The molecular weight excluding hydrogens is 301 g/mol. The molecule has 1 aromatic carbocycles. The van der Waals surface area contributed by atoms with Crippen molar-refractivity contribution in [2.24, 2.45) is 5.41 Å². The molecule has 0 saturated carbocycles. The molecule has 1 rings (SSSR count). The minimum absolute atomic E-state index is 0.390. The van der Waals surface area contributed by atoms with E-state index in [1.165, 1.54) is 0 Å². The van der Waals surface area contributed by atoms with E-state index in [-0.39, 0.29) is 5.41 Å². The molecule has 118 valence electrons. The molecule has 0 fully saturated rings. The Kier molecular flexibility index (Phi) is 4.59. The van der Waals surface area contributed by atoms with Crippen molar-refractivity contribution >= 4 is 21.4 Å². The van der Waals surface area contributed by atoms with Crippen LogP contribution in [-0.2, 0) is 10.0 Å². The number of nitrogens with one attached hydrogen (secondary N) is 1. The van der Waals surface area contributed by atoms with Crippen LogP contribution >= 0.6 is 0 Å². The molecule has 7 nitrogen and oxygen atoms in total. The molecule has 0 bridgehead atoms. The minimum atomic E-state index is -4.22. The van der Waals surface area contributed by atoms with E-state index < -0.39 is 43.1 Å². The highest BCUT2D eigenvalue weighted by atomic mass is 32.2. The van der Waals surface area contributed by atoms with Crippen LogP contribution in [0.1, 0.15) is 27.7 Å². The Morgan fingerprint density at radius 1 is 1.38 bits per heavy atom. The number of hydrogen-bond acceptors (Lipinski definition) is 5.